The molecule has 0 aromatic heterocycles. The lowest BCUT2D eigenvalue weighted by molar-refractivity contribution is -0.148. The van der Waals surface area contributed by atoms with Crippen molar-refractivity contribution in [2.24, 2.45) is 0 Å². The Morgan fingerprint density at radius 3 is 2.56 bits per heavy atom. The molecule has 1 atom stereocenters. The minimum atomic E-state index is 0.0355. The standard InChI is InChI=1S/C13H25N3O2/c1-4-11(14-5-2)7-6-8-16-10-12(17)15(3)9-13(16)18/h11,14H,4-10H2,1-3H3. The summed E-state index contributed by atoms with van der Waals surface area (Å²) in [6, 6.07) is 0.522. The van der Waals surface area contributed by atoms with Crippen molar-refractivity contribution in [1.82, 2.24) is 15.1 Å². The van der Waals surface area contributed by atoms with E-state index in [-0.39, 0.29) is 24.9 Å². The third kappa shape index (κ3) is 4.29. The van der Waals surface area contributed by atoms with E-state index in [1.807, 2.05) is 0 Å². The third-order valence-corrected chi connectivity index (χ3v) is 3.44. The molecule has 1 rings (SSSR count). The molecule has 1 fully saturated rings. The molecule has 0 spiro atoms. The Labute approximate surface area is 110 Å². The number of hydrogen-bond donors (Lipinski definition) is 1. The van der Waals surface area contributed by atoms with Gasteiger partial charge in [0, 0.05) is 19.6 Å². The summed E-state index contributed by atoms with van der Waals surface area (Å²) in [6.45, 7) is 6.41. The maximum Gasteiger partial charge on any atom is 0.242 e. The van der Waals surface area contributed by atoms with Gasteiger partial charge in [-0.1, -0.05) is 13.8 Å². The lowest BCUT2D eigenvalue weighted by Crippen LogP contribution is -2.52. The van der Waals surface area contributed by atoms with Gasteiger partial charge < -0.3 is 15.1 Å². The molecule has 1 saturated heterocycles. The second kappa shape index (κ2) is 7.36. The van der Waals surface area contributed by atoms with Crippen LogP contribution in [0.3, 0.4) is 0 Å². The van der Waals surface area contributed by atoms with Crippen molar-refractivity contribution in [3.05, 3.63) is 0 Å². The summed E-state index contributed by atoms with van der Waals surface area (Å²) in [5.41, 5.74) is 0. The second-order valence-electron chi connectivity index (χ2n) is 4.87. The highest BCUT2D eigenvalue weighted by atomic mass is 16.2. The van der Waals surface area contributed by atoms with Crippen molar-refractivity contribution in [3.8, 4) is 0 Å². The summed E-state index contributed by atoms with van der Waals surface area (Å²) < 4.78 is 0. The van der Waals surface area contributed by atoms with Crippen molar-refractivity contribution in [3.63, 3.8) is 0 Å². The van der Waals surface area contributed by atoms with Crippen LogP contribution in [0.4, 0.5) is 0 Å². The first-order valence-corrected chi connectivity index (χ1v) is 6.83. The van der Waals surface area contributed by atoms with E-state index in [9.17, 15) is 9.59 Å². The first kappa shape index (κ1) is 15.0. The molecule has 1 unspecified atom stereocenters. The van der Waals surface area contributed by atoms with E-state index in [2.05, 4.69) is 19.2 Å². The molecule has 0 radical (unpaired) electrons. The molecule has 1 heterocycles. The minimum Gasteiger partial charge on any atom is -0.335 e. The maximum atomic E-state index is 11.7. The Morgan fingerprint density at radius 2 is 1.94 bits per heavy atom. The molecule has 104 valence electrons. The van der Waals surface area contributed by atoms with Crippen molar-refractivity contribution >= 4 is 11.8 Å². The van der Waals surface area contributed by atoms with Crippen molar-refractivity contribution in [2.45, 2.75) is 39.2 Å². The highest BCUT2D eigenvalue weighted by Crippen LogP contribution is 2.07. The molecular weight excluding hydrogens is 230 g/mol. The van der Waals surface area contributed by atoms with Crippen LogP contribution >= 0.6 is 0 Å². The number of rotatable bonds is 7. The molecule has 5 heteroatoms. The van der Waals surface area contributed by atoms with E-state index in [0.717, 1.165) is 25.8 Å². The molecular formula is C13H25N3O2. The summed E-state index contributed by atoms with van der Waals surface area (Å²) in [7, 11) is 1.68. The van der Waals surface area contributed by atoms with Crippen molar-refractivity contribution in [1.29, 1.82) is 0 Å². The topological polar surface area (TPSA) is 52.7 Å². The van der Waals surface area contributed by atoms with Crippen LogP contribution in [0, 0.1) is 0 Å². The fourth-order valence-corrected chi connectivity index (χ4v) is 2.23. The van der Waals surface area contributed by atoms with Gasteiger partial charge in [-0.25, -0.2) is 0 Å². The average Bonchev–Trinajstić information content (AvgIpc) is 2.34. The zero-order chi connectivity index (χ0) is 13.5. The molecule has 1 N–H and O–H groups in total. The molecule has 1 aliphatic rings. The van der Waals surface area contributed by atoms with E-state index >= 15 is 0 Å². The molecule has 5 nitrogen and oxygen atoms in total. The summed E-state index contributed by atoms with van der Waals surface area (Å²) in [5.74, 6) is 0.0990. The summed E-state index contributed by atoms with van der Waals surface area (Å²) >= 11 is 0. The van der Waals surface area contributed by atoms with Crippen LogP contribution in [0.1, 0.15) is 33.1 Å². The van der Waals surface area contributed by atoms with Gasteiger partial charge in [-0.05, 0) is 25.8 Å². The number of carbonyl (C=O) groups is 2. The Kier molecular flexibility index (Phi) is 6.12. The smallest absolute Gasteiger partial charge is 0.242 e. The van der Waals surface area contributed by atoms with Gasteiger partial charge in [0.25, 0.3) is 0 Å². The number of hydrogen-bond acceptors (Lipinski definition) is 3. The molecule has 0 aliphatic carbocycles. The van der Waals surface area contributed by atoms with E-state index in [1.165, 1.54) is 4.90 Å². The third-order valence-electron chi connectivity index (χ3n) is 3.44. The van der Waals surface area contributed by atoms with Crippen LogP contribution < -0.4 is 5.32 Å². The fraction of sp³-hybridized carbons (Fsp3) is 0.846. The predicted molar refractivity (Wildman–Crippen MR) is 71.2 cm³/mol. The van der Waals surface area contributed by atoms with Crippen LogP contribution in [0.2, 0.25) is 0 Å². The largest absolute Gasteiger partial charge is 0.335 e. The molecule has 2 amide bonds. The number of nitrogens with zero attached hydrogens (tertiary/aromatic N) is 2. The van der Waals surface area contributed by atoms with E-state index in [0.29, 0.717) is 12.6 Å². The Morgan fingerprint density at radius 1 is 1.22 bits per heavy atom. The molecule has 0 bridgehead atoms. The molecule has 1 aliphatic heterocycles. The van der Waals surface area contributed by atoms with Gasteiger partial charge in [-0.15, -0.1) is 0 Å². The number of carbonyl (C=O) groups excluding carboxylic acids is 2. The Hall–Kier alpha value is -1.10. The van der Waals surface area contributed by atoms with Crippen LogP contribution in [0.25, 0.3) is 0 Å². The first-order chi connectivity index (χ1) is 8.58. The van der Waals surface area contributed by atoms with E-state index in [4.69, 9.17) is 0 Å². The van der Waals surface area contributed by atoms with Crippen LogP contribution in [0.5, 0.6) is 0 Å². The Balaban J connectivity index is 2.30. The fourth-order valence-electron chi connectivity index (χ4n) is 2.23. The average molecular weight is 255 g/mol. The molecule has 0 saturated carbocycles. The monoisotopic (exact) mass is 255 g/mol. The quantitative estimate of drug-likeness (QED) is 0.719. The van der Waals surface area contributed by atoms with Crippen LogP contribution in [-0.4, -0.2) is 60.9 Å². The zero-order valence-electron chi connectivity index (χ0n) is 11.7. The predicted octanol–water partition coefficient (Wildman–Crippen LogP) is 0.455. The number of nitrogens with one attached hydrogen (secondary N) is 1. The summed E-state index contributed by atoms with van der Waals surface area (Å²) in [4.78, 5) is 26.4. The summed E-state index contributed by atoms with van der Waals surface area (Å²) in [5, 5.41) is 3.42. The summed E-state index contributed by atoms with van der Waals surface area (Å²) in [6.07, 6.45) is 3.11. The first-order valence-electron chi connectivity index (χ1n) is 6.83. The zero-order valence-corrected chi connectivity index (χ0v) is 11.7. The van der Waals surface area contributed by atoms with Gasteiger partial charge in [0.05, 0.1) is 13.1 Å². The number of likely N-dealkylation sites (N-methyl/N-ethyl adjacent to an activating group) is 1. The second-order valence-corrected chi connectivity index (χ2v) is 4.87. The van der Waals surface area contributed by atoms with E-state index < -0.39 is 0 Å². The van der Waals surface area contributed by atoms with Gasteiger partial charge in [0.15, 0.2) is 0 Å². The minimum absolute atomic E-state index is 0.0355. The number of piperazine rings is 1. The van der Waals surface area contributed by atoms with Crippen molar-refractivity contribution < 1.29 is 9.59 Å². The highest BCUT2D eigenvalue weighted by Gasteiger charge is 2.26. The van der Waals surface area contributed by atoms with Crippen LogP contribution in [-0.2, 0) is 9.59 Å². The highest BCUT2D eigenvalue weighted by molar-refractivity contribution is 5.92. The van der Waals surface area contributed by atoms with Gasteiger partial charge >= 0.3 is 0 Å². The van der Waals surface area contributed by atoms with Crippen LogP contribution in [0.15, 0.2) is 0 Å². The molecule has 0 aromatic carbocycles. The van der Waals surface area contributed by atoms with E-state index in [1.54, 1.807) is 11.9 Å². The van der Waals surface area contributed by atoms with Gasteiger partial charge in [-0.2, -0.15) is 0 Å². The maximum absolute atomic E-state index is 11.7. The number of amides is 2. The lowest BCUT2D eigenvalue weighted by atomic mass is 10.1. The van der Waals surface area contributed by atoms with Gasteiger partial charge in [0.1, 0.15) is 0 Å². The SMILES string of the molecule is CCNC(CC)CCCN1CC(=O)N(C)CC1=O. The van der Waals surface area contributed by atoms with Gasteiger partial charge in [0.2, 0.25) is 11.8 Å². The Bertz CT molecular complexity index is 294. The van der Waals surface area contributed by atoms with Gasteiger partial charge in [-0.3, -0.25) is 9.59 Å². The molecule has 18 heavy (non-hydrogen) atoms. The normalized spacial score (nSPS) is 18.4. The van der Waals surface area contributed by atoms with Crippen molar-refractivity contribution in [2.75, 3.05) is 33.2 Å². The lowest BCUT2D eigenvalue weighted by Gasteiger charge is -2.32. The molecule has 0 aromatic rings.